The van der Waals surface area contributed by atoms with Gasteiger partial charge in [0.1, 0.15) is 0 Å². The maximum atomic E-state index is 4.47. The highest BCUT2D eigenvalue weighted by Gasteiger charge is 2.14. The first-order valence-corrected chi connectivity index (χ1v) is 7.25. The summed E-state index contributed by atoms with van der Waals surface area (Å²) in [6.07, 6.45) is 3.63. The van der Waals surface area contributed by atoms with Crippen LogP contribution in [0, 0.1) is 19.8 Å². The van der Waals surface area contributed by atoms with Crippen LogP contribution in [0.2, 0.25) is 0 Å². The topological polar surface area (TPSA) is 24.9 Å². The van der Waals surface area contributed by atoms with E-state index in [1.54, 1.807) is 0 Å². The average molecular weight is 248 g/mol. The van der Waals surface area contributed by atoms with Gasteiger partial charge in [-0.2, -0.15) is 0 Å². The smallest absolute Gasteiger partial charge is 0.0379 e. The highest BCUT2D eigenvalue weighted by Crippen LogP contribution is 2.24. The monoisotopic (exact) mass is 248 g/mol. The summed E-state index contributed by atoms with van der Waals surface area (Å²) >= 11 is 0. The van der Waals surface area contributed by atoms with E-state index in [-0.39, 0.29) is 0 Å². The second-order valence-corrected chi connectivity index (χ2v) is 5.44. The summed E-state index contributed by atoms with van der Waals surface area (Å²) in [6, 6.07) is 4.92. The third-order valence-corrected chi connectivity index (χ3v) is 3.48. The van der Waals surface area contributed by atoms with Crippen LogP contribution in [0.3, 0.4) is 0 Å². The first kappa shape index (κ1) is 15.2. The quantitative estimate of drug-likeness (QED) is 0.783. The Kier molecular flexibility index (Phi) is 6.34. The van der Waals surface area contributed by atoms with Crippen LogP contribution in [0.15, 0.2) is 12.1 Å². The Morgan fingerprint density at radius 2 is 1.78 bits per heavy atom. The van der Waals surface area contributed by atoms with Crippen LogP contribution in [-0.4, -0.2) is 11.5 Å². The summed E-state index contributed by atoms with van der Waals surface area (Å²) in [5.74, 6) is 0.758. The van der Waals surface area contributed by atoms with E-state index in [4.69, 9.17) is 0 Å². The molecule has 0 aliphatic heterocycles. The lowest BCUT2D eigenvalue weighted by molar-refractivity contribution is 0.402. The summed E-state index contributed by atoms with van der Waals surface area (Å²) < 4.78 is 0. The van der Waals surface area contributed by atoms with Gasteiger partial charge >= 0.3 is 0 Å². The average Bonchev–Trinajstić information content (AvgIpc) is 2.32. The molecular formula is C16H28N2. The zero-order valence-corrected chi connectivity index (χ0v) is 12.6. The Bertz CT molecular complexity index is 340. The predicted molar refractivity (Wildman–Crippen MR) is 78.8 cm³/mol. The number of aryl methyl sites for hydroxylation is 2. The van der Waals surface area contributed by atoms with Crippen molar-refractivity contribution in [2.24, 2.45) is 5.92 Å². The number of hydrogen-bond acceptors (Lipinski definition) is 2. The molecule has 0 amide bonds. The molecule has 1 aromatic heterocycles. The molecule has 0 radical (unpaired) electrons. The maximum absolute atomic E-state index is 4.47. The number of nitrogens with one attached hydrogen (secondary N) is 1. The number of hydrogen-bond donors (Lipinski definition) is 1. The van der Waals surface area contributed by atoms with E-state index in [1.807, 2.05) is 0 Å². The van der Waals surface area contributed by atoms with Crippen LogP contribution < -0.4 is 5.32 Å². The van der Waals surface area contributed by atoms with Crippen molar-refractivity contribution in [1.82, 2.24) is 10.3 Å². The fourth-order valence-electron chi connectivity index (χ4n) is 2.29. The standard InChI is InChI=1S/C16H28N2/c1-6-8-17-16(9-12(3)7-2)15-10-13(4)18-14(5)11-15/h10-12,16-17H,6-9H2,1-5H3. The van der Waals surface area contributed by atoms with Crippen LogP contribution in [0.25, 0.3) is 0 Å². The molecule has 1 heterocycles. The predicted octanol–water partition coefficient (Wildman–Crippen LogP) is 4.18. The van der Waals surface area contributed by atoms with E-state index >= 15 is 0 Å². The van der Waals surface area contributed by atoms with Crippen LogP contribution >= 0.6 is 0 Å². The minimum atomic E-state index is 0.472. The Morgan fingerprint density at radius 3 is 2.28 bits per heavy atom. The van der Waals surface area contributed by atoms with Crippen molar-refractivity contribution in [2.45, 2.75) is 59.9 Å². The molecule has 0 saturated heterocycles. The van der Waals surface area contributed by atoms with Crippen molar-refractivity contribution < 1.29 is 0 Å². The normalized spacial score (nSPS) is 14.5. The fourth-order valence-corrected chi connectivity index (χ4v) is 2.29. The van der Waals surface area contributed by atoms with Gasteiger partial charge in [-0.3, -0.25) is 4.98 Å². The fraction of sp³-hybridized carbons (Fsp3) is 0.688. The van der Waals surface area contributed by atoms with E-state index in [9.17, 15) is 0 Å². The highest BCUT2D eigenvalue weighted by molar-refractivity contribution is 5.23. The number of pyridine rings is 1. The number of nitrogens with zero attached hydrogens (tertiary/aromatic N) is 1. The first-order valence-electron chi connectivity index (χ1n) is 7.25. The third-order valence-electron chi connectivity index (χ3n) is 3.48. The number of aromatic nitrogens is 1. The lowest BCUT2D eigenvalue weighted by atomic mass is 9.94. The Labute approximate surface area is 112 Å². The van der Waals surface area contributed by atoms with Gasteiger partial charge in [-0.15, -0.1) is 0 Å². The molecule has 1 aromatic rings. The summed E-state index contributed by atoms with van der Waals surface area (Å²) in [5, 5.41) is 3.68. The Hall–Kier alpha value is -0.890. The molecule has 1 N–H and O–H groups in total. The first-order chi connectivity index (χ1) is 8.56. The summed E-state index contributed by atoms with van der Waals surface area (Å²) in [5.41, 5.74) is 3.64. The lowest BCUT2D eigenvalue weighted by Gasteiger charge is -2.22. The van der Waals surface area contributed by atoms with Gasteiger partial charge in [0.25, 0.3) is 0 Å². The Balaban J connectivity index is 2.85. The van der Waals surface area contributed by atoms with Gasteiger partial charge in [-0.05, 0) is 56.8 Å². The molecule has 2 unspecified atom stereocenters. The summed E-state index contributed by atoms with van der Waals surface area (Å²) in [4.78, 5) is 4.47. The van der Waals surface area contributed by atoms with Gasteiger partial charge in [0.15, 0.2) is 0 Å². The second-order valence-electron chi connectivity index (χ2n) is 5.44. The van der Waals surface area contributed by atoms with Gasteiger partial charge in [0.2, 0.25) is 0 Å². The molecule has 2 nitrogen and oxygen atoms in total. The zero-order chi connectivity index (χ0) is 13.5. The van der Waals surface area contributed by atoms with Crippen molar-refractivity contribution in [3.05, 3.63) is 29.1 Å². The van der Waals surface area contributed by atoms with Gasteiger partial charge in [-0.1, -0.05) is 27.2 Å². The van der Waals surface area contributed by atoms with E-state index in [0.29, 0.717) is 6.04 Å². The second kappa shape index (κ2) is 7.52. The highest BCUT2D eigenvalue weighted by atomic mass is 14.9. The van der Waals surface area contributed by atoms with E-state index in [2.05, 4.69) is 57.1 Å². The van der Waals surface area contributed by atoms with Crippen molar-refractivity contribution in [3.63, 3.8) is 0 Å². The van der Waals surface area contributed by atoms with Gasteiger partial charge in [-0.25, -0.2) is 0 Å². The molecule has 18 heavy (non-hydrogen) atoms. The largest absolute Gasteiger partial charge is 0.310 e. The van der Waals surface area contributed by atoms with Crippen LogP contribution in [-0.2, 0) is 0 Å². The molecule has 1 rings (SSSR count). The van der Waals surface area contributed by atoms with Crippen LogP contribution in [0.5, 0.6) is 0 Å². The van der Waals surface area contributed by atoms with Crippen molar-refractivity contribution in [3.8, 4) is 0 Å². The molecular weight excluding hydrogens is 220 g/mol. The molecule has 0 aliphatic carbocycles. The van der Waals surface area contributed by atoms with E-state index < -0.39 is 0 Å². The molecule has 0 aromatic carbocycles. The third kappa shape index (κ3) is 4.77. The molecule has 2 heteroatoms. The zero-order valence-electron chi connectivity index (χ0n) is 12.6. The molecule has 102 valence electrons. The minimum absolute atomic E-state index is 0.472. The van der Waals surface area contributed by atoms with Gasteiger partial charge in [0.05, 0.1) is 0 Å². The summed E-state index contributed by atoms with van der Waals surface area (Å²) in [6.45, 7) is 12.1. The molecule has 0 bridgehead atoms. The minimum Gasteiger partial charge on any atom is -0.310 e. The van der Waals surface area contributed by atoms with Crippen LogP contribution in [0.1, 0.15) is 63.0 Å². The molecule has 2 atom stereocenters. The SMILES string of the molecule is CCCNC(CC(C)CC)c1cc(C)nc(C)c1. The lowest BCUT2D eigenvalue weighted by Crippen LogP contribution is -2.24. The Morgan fingerprint density at radius 1 is 1.17 bits per heavy atom. The molecule has 0 spiro atoms. The number of rotatable bonds is 7. The van der Waals surface area contributed by atoms with Crippen LogP contribution in [0.4, 0.5) is 0 Å². The van der Waals surface area contributed by atoms with Crippen molar-refractivity contribution in [1.29, 1.82) is 0 Å². The maximum Gasteiger partial charge on any atom is 0.0379 e. The van der Waals surface area contributed by atoms with E-state index in [1.165, 1.54) is 24.8 Å². The molecule has 0 aliphatic rings. The van der Waals surface area contributed by atoms with Crippen molar-refractivity contribution in [2.75, 3.05) is 6.54 Å². The molecule has 0 fully saturated rings. The van der Waals surface area contributed by atoms with E-state index in [0.717, 1.165) is 23.9 Å². The van der Waals surface area contributed by atoms with Gasteiger partial charge in [0, 0.05) is 17.4 Å². The van der Waals surface area contributed by atoms with Gasteiger partial charge < -0.3 is 5.32 Å². The molecule has 0 saturated carbocycles. The summed E-state index contributed by atoms with van der Waals surface area (Å²) in [7, 11) is 0. The van der Waals surface area contributed by atoms with Crippen molar-refractivity contribution >= 4 is 0 Å².